The van der Waals surface area contributed by atoms with Crippen molar-refractivity contribution in [1.82, 2.24) is 0 Å². The van der Waals surface area contributed by atoms with Gasteiger partial charge in [0, 0.05) is 11.3 Å². The summed E-state index contributed by atoms with van der Waals surface area (Å²) in [5.74, 6) is 0.646. The van der Waals surface area contributed by atoms with Gasteiger partial charge in [0.2, 0.25) is 0 Å². The fraction of sp³-hybridized carbons (Fsp3) is 0.643. The molecule has 1 fully saturated rings. The Morgan fingerprint density at radius 2 is 2.13 bits per heavy atom. The van der Waals surface area contributed by atoms with Crippen molar-refractivity contribution in [1.29, 1.82) is 0 Å². The summed E-state index contributed by atoms with van der Waals surface area (Å²) in [5, 5.41) is 0. The van der Waals surface area contributed by atoms with Gasteiger partial charge in [-0.25, -0.2) is 0 Å². The number of carbonyl (C=O) groups excluding carboxylic acids is 1. The number of carbonyl (C=O) groups is 1. The summed E-state index contributed by atoms with van der Waals surface area (Å²) in [5.41, 5.74) is 1.05. The molecule has 0 aromatic heterocycles. The van der Waals surface area contributed by atoms with Crippen LogP contribution in [0.3, 0.4) is 0 Å². The van der Waals surface area contributed by atoms with Crippen LogP contribution < -0.4 is 0 Å². The van der Waals surface area contributed by atoms with Gasteiger partial charge in [-0.2, -0.15) is 0 Å². The molecule has 0 radical (unpaired) electrons. The normalized spacial score (nSPS) is 32.0. The van der Waals surface area contributed by atoms with Crippen molar-refractivity contribution < 1.29 is 4.79 Å². The standard InChI is InChI=1S/C14H22O/c1-11(2)7-5-9-14(4)10-6-8-12(3)13(14)15/h5,7,9,12H,6,8,10H2,1-4H3/b9-5+/t12-,14+/m1/s1. The molecule has 0 aromatic carbocycles. The topological polar surface area (TPSA) is 17.1 Å². The molecule has 0 aromatic rings. The van der Waals surface area contributed by atoms with Gasteiger partial charge < -0.3 is 0 Å². The van der Waals surface area contributed by atoms with Gasteiger partial charge in [-0.15, -0.1) is 0 Å². The molecule has 1 nitrogen and oxygen atoms in total. The first-order valence-corrected chi connectivity index (χ1v) is 5.83. The molecule has 2 atom stereocenters. The lowest BCUT2D eigenvalue weighted by atomic mass is 9.70. The molecule has 1 rings (SSSR count). The van der Waals surface area contributed by atoms with E-state index < -0.39 is 0 Å². The summed E-state index contributed by atoms with van der Waals surface area (Å²) in [6.45, 7) is 8.25. The Labute approximate surface area is 93.3 Å². The third-order valence-electron chi connectivity index (χ3n) is 3.24. The lowest BCUT2D eigenvalue weighted by molar-refractivity contribution is -0.131. The Balaban J connectivity index is 2.77. The van der Waals surface area contributed by atoms with E-state index in [9.17, 15) is 4.79 Å². The molecule has 0 spiro atoms. The Morgan fingerprint density at radius 1 is 1.47 bits per heavy atom. The minimum atomic E-state index is -0.219. The highest BCUT2D eigenvalue weighted by molar-refractivity contribution is 5.88. The second-order valence-corrected chi connectivity index (χ2v) is 5.18. The van der Waals surface area contributed by atoms with E-state index >= 15 is 0 Å². The zero-order valence-electron chi connectivity index (χ0n) is 10.3. The van der Waals surface area contributed by atoms with E-state index in [1.165, 1.54) is 12.0 Å². The molecular weight excluding hydrogens is 184 g/mol. The maximum atomic E-state index is 12.1. The first-order valence-electron chi connectivity index (χ1n) is 5.83. The van der Waals surface area contributed by atoms with E-state index in [1.807, 2.05) is 6.08 Å². The van der Waals surface area contributed by atoms with Gasteiger partial charge >= 0.3 is 0 Å². The predicted octanol–water partition coefficient (Wildman–Crippen LogP) is 3.90. The predicted molar refractivity (Wildman–Crippen MR) is 64.7 cm³/mol. The van der Waals surface area contributed by atoms with Crippen LogP contribution in [0.5, 0.6) is 0 Å². The van der Waals surface area contributed by atoms with Gasteiger partial charge in [0.05, 0.1) is 0 Å². The van der Waals surface area contributed by atoms with Gasteiger partial charge in [-0.1, -0.05) is 37.1 Å². The highest BCUT2D eigenvalue weighted by atomic mass is 16.1. The highest BCUT2D eigenvalue weighted by Gasteiger charge is 2.36. The summed E-state index contributed by atoms with van der Waals surface area (Å²) >= 11 is 0. The summed E-state index contributed by atoms with van der Waals surface area (Å²) in [7, 11) is 0. The molecule has 1 aliphatic carbocycles. The Bertz CT molecular complexity index is 294. The fourth-order valence-electron chi connectivity index (χ4n) is 2.21. The molecule has 0 amide bonds. The average Bonchev–Trinajstić information content (AvgIpc) is 2.14. The van der Waals surface area contributed by atoms with Crippen LogP contribution in [-0.4, -0.2) is 5.78 Å². The second kappa shape index (κ2) is 4.78. The van der Waals surface area contributed by atoms with Crippen molar-refractivity contribution in [2.24, 2.45) is 11.3 Å². The molecule has 0 saturated heterocycles. The van der Waals surface area contributed by atoms with Crippen molar-refractivity contribution in [3.63, 3.8) is 0 Å². The molecule has 0 aliphatic heterocycles. The van der Waals surface area contributed by atoms with Crippen LogP contribution in [0.25, 0.3) is 0 Å². The van der Waals surface area contributed by atoms with Crippen LogP contribution in [0, 0.1) is 11.3 Å². The van der Waals surface area contributed by atoms with E-state index in [0.29, 0.717) is 5.78 Å². The largest absolute Gasteiger partial charge is 0.298 e. The van der Waals surface area contributed by atoms with Gasteiger partial charge in [0.1, 0.15) is 5.78 Å². The number of ketones is 1. The fourth-order valence-corrected chi connectivity index (χ4v) is 2.21. The number of rotatable bonds is 2. The molecule has 1 aliphatic rings. The minimum absolute atomic E-state index is 0.219. The summed E-state index contributed by atoms with van der Waals surface area (Å²) in [6, 6.07) is 0. The van der Waals surface area contributed by atoms with Crippen LogP contribution in [0.2, 0.25) is 0 Å². The molecule has 0 N–H and O–H groups in total. The molecule has 0 heterocycles. The first kappa shape index (κ1) is 12.2. The number of hydrogen-bond donors (Lipinski definition) is 0. The molecule has 15 heavy (non-hydrogen) atoms. The van der Waals surface area contributed by atoms with E-state index in [-0.39, 0.29) is 11.3 Å². The van der Waals surface area contributed by atoms with E-state index in [2.05, 4.69) is 39.8 Å². The monoisotopic (exact) mass is 206 g/mol. The van der Waals surface area contributed by atoms with Crippen molar-refractivity contribution in [2.75, 3.05) is 0 Å². The maximum absolute atomic E-state index is 12.1. The lowest BCUT2D eigenvalue weighted by Gasteiger charge is -2.32. The number of hydrogen-bond acceptors (Lipinski definition) is 1. The van der Waals surface area contributed by atoms with Crippen molar-refractivity contribution in [3.05, 3.63) is 23.8 Å². The van der Waals surface area contributed by atoms with E-state index in [1.54, 1.807) is 0 Å². The summed E-state index contributed by atoms with van der Waals surface area (Å²) in [4.78, 5) is 12.1. The second-order valence-electron chi connectivity index (χ2n) is 5.18. The van der Waals surface area contributed by atoms with E-state index in [4.69, 9.17) is 0 Å². The molecule has 1 saturated carbocycles. The Kier molecular flexibility index (Phi) is 3.90. The van der Waals surface area contributed by atoms with Crippen molar-refractivity contribution >= 4 is 5.78 Å². The van der Waals surface area contributed by atoms with Gasteiger partial charge in [0.25, 0.3) is 0 Å². The van der Waals surface area contributed by atoms with Crippen LogP contribution >= 0.6 is 0 Å². The van der Waals surface area contributed by atoms with Crippen LogP contribution in [0.4, 0.5) is 0 Å². The van der Waals surface area contributed by atoms with Crippen LogP contribution in [0.15, 0.2) is 23.8 Å². The molecule has 0 bridgehead atoms. The SMILES string of the molecule is CC(C)=C/C=C/[C@@]1(C)CCC[C@@H](C)C1=O. The average molecular weight is 206 g/mol. The summed E-state index contributed by atoms with van der Waals surface area (Å²) < 4.78 is 0. The third kappa shape index (κ3) is 3.05. The van der Waals surface area contributed by atoms with Gasteiger partial charge in [-0.3, -0.25) is 4.79 Å². The van der Waals surface area contributed by atoms with Crippen molar-refractivity contribution in [3.8, 4) is 0 Å². The van der Waals surface area contributed by atoms with Gasteiger partial charge in [0.15, 0.2) is 0 Å². The lowest BCUT2D eigenvalue weighted by Crippen LogP contribution is -2.34. The van der Waals surface area contributed by atoms with Crippen molar-refractivity contribution in [2.45, 2.75) is 47.0 Å². The Morgan fingerprint density at radius 3 is 2.73 bits per heavy atom. The van der Waals surface area contributed by atoms with Crippen LogP contribution in [-0.2, 0) is 4.79 Å². The minimum Gasteiger partial charge on any atom is -0.298 e. The number of Topliss-reactive ketones (excluding diaryl/α,β-unsaturated/α-hetero) is 1. The van der Waals surface area contributed by atoms with Gasteiger partial charge in [-0.05, 0) is 33.6 Å². The number of allylic oxidation sites excluding steroid dienone is 4. The quantitative estimate of drug-likeness (QED) is 0.626. The Hall–Kier alpha value is -0.850. The maximum Gasteiger partial charge on any atom is 0.145 e. The first-order chi connectivity index (χ1) is 6.96. The van der Waals surface area contributed by atoms with E-state index in [0.717, 1.165) is 12.8 Å². The zero-order chi connectivity index (χ0) is 11.5. The molecule has 84 valence electrons. The summed E-state index contributed by atoms with van der Waals surface area (Å²) in [6.07, 6.45) is 9.41. The molecule has 1 heteroatoms. The molecular formula is C14H22O. The smallest absolute Gasteiger partial charge is 0.145 e. The van der Waals surface area contributed by atoms with Crippen LogP contribution in [0.1, 0.15) is 47.0 Å². The molecule has 0 unspecified atom stereocenters. The zero-order valence-corrected chi connectivity index (χ0v) is 10.3. The highest BCUT2D eigenvalue weighted by Crippen LogP contribution is 2.36. The third-order valence-corrected chi connectivity index (χ3v) is 3.24.